The van der Waals surface area contributed by atoms with Crippen molar-refractivity contribution in [2.75, 3.05) is 13.2 Å². The molecule has 0 radical (unpaired) electrons. The normalized spacial score (nSPS) is 9.53. The smallest absolute Gasteiger partial charge is 0.342 e. The first-order valence-corrected chi connectivity index (χ1v) is 5.22. The lowest BCUT2D eigenvalue weighted by molar-refractivity contribution is -0.757. The first-order valence-electron chi connectivity index (χ1n) is 5.22. The van der Waals surface area contributed by atoms with Crippen LogP contribution in [0.4, 0.5) is 0 Å². The summed E-state index contributed by atoms with van der Waals surface area (Å²) >= 11 is 0. The third-order valence-corrected chi connectivity index (χ3v) is 1.87. The van der Waals surface area contributed by atoms with Crippen molar-refractivity contribution in [1.29, 1.82) is 0 Å². The van der Waals surface area contributed by atoms with E-state index in [0.717, 1.165) is 0 Å². The first kappa shape index (κ1) is 14.4. The molecule has 102 valence electrons. The van der Waals surface area contributed by atoms with Gasteiger partial charge in [-0.2, -0.15) is 0 Å². The van der Waals surface area contributed by atoms with Crippen molar-refractivity contribution in [3.63, 3.8) is 0 Å². The van der Waals surface area contributed by atoms with Crippen molar-refractivity contribution in [3.05, 3.63) is 39.9 Å². The number of para-hydroxylation sites is 1. The number of nitrogens with zero attached hydrogens (tertiary/aromatic N) is 1. The Balaban J connectivity index is 2.61. The Bertz CT molecular complexity index is 486. The summed E-state index contributed by atoms with van der Waals surface area (Å²) in [4.78, 5) is 36.4. The number of hydrogen-bond donors (Lipinski definition) is 0. The fourth-order valence-electron chi connectivity index (χ4n) is 1.20. The molecule has 1 rings (SSSR count). The second-order valence-corrected chi connectivity index (χ2v) is 3.28. The van der Waals surface area contributed by atoms with Crippen LogP contribution in [-0.2, 0) is 14.4 Å². The van der Waals surface area contributed by atoms with Crippen LogP contribution in [0.5, 0.6) is 5.75 Å². The largest absolute Gasteiger partial charge is 0.460 e. The highest BCUT2D eigenvalue weighted by Gasteiger charge is 2.14. The zero-order chi connectivity index (χ0) is 14.3. The number of hydrogen-bond acceptors (Lipinski definition) is 7. The second-order valence-electron chi connectivity index (χ2n) is 3.28. The minimum absolute atomic E-state index is 0.0544. The zero-order valence-corrected chi connectivity index (χ0v) is 10.0. The number of carbonyl (C=O) groups excluding carboxylic acids is 2. The Morgan fingerprint density at radius 2 is 1.95 bits per heavy atom. The van der Waals surface area contributed by atoms with Crippen LogP contribution >= 0.6 is 0 Å². The number of ether oxygens (including phenoxy) is 2. The van der Waals surface area contributed by atoms with Crippen LogP contribution in [0, 0.1) is 10.1 Å². The summed E-state index contributed by atoms with van der Waals surface area (Å²) in [6.07, 6.45) is 0. The summed E-state index contributed by atoms with van der Waals surface area (Å²) in [5.41, 5.74) is 0.0544. The number of benzene rings is 1. The molecule has 8 heteroatoms. The van der Waals surface area contributed by atoms with Gasteiger partial charge >= 0.3 is 11.9 Å². The average Bonchev–Trinajstić information content (AvgIpc) is 2.34. The van der Waals surface area contributed by atoms with Crippen LogP contribution in [0.15, 0.2) is 24.3 Å². The summed E-state index contributed by atoms with van der Waals surface area (Å²) in [7, 11) is 0. The van der Waals surface area contributed by atoms with Crippen molar-refractivity contribution >= 4 is 11.9 Å². The van der Waals surface area contributed by atoms with Gasteiger partial charge in [-0.1, -0.05) is 12.1 Å². The maximum absolute atomic E-state index is 11.7. The third kappa shape index (κ3) is 5.02. The molecule has 0 aliphatic heterocycles. The van der Waals surface area contributed by atoms with Crippen molar-refractivity contribution < 1.29 is 29.0 Å². The number of carbonyl (C=O) groups is 2. The van der Waals surface area contributed by atoms with Crippen molar-refractivity contribution in [1.82, 2.24) is 0 Å². The van der Waals surface area contributed by atoms with Gasteiger partial charge in [0.25, 0.3) is 5.09 Å². The van der Waals surface area contributed by atoms with Gasteiger partial charge in [0.05, 0.1) is 0 Å². The van der Waals surface area contributed by atoms with Crippen LogP contribution in [0.3, 0.4) is 0 Å². The molecule has 1 aromatic rings. The van der Waals surface area contributed by atoms with Crippen LogP contribution < -0.4 is 4.74 Å². The van der Waals surface area contributed by atoms with Crippen molar-refractivity contribution in [2.24, 2.45) is 0 Å². The molecule has 0 N–H and O–H groups in total. The minimum Gasteiger partial charge on any atom is -0.460 e. The lowest BCUT2D eigenvalue weighted by Crippen LogP contribution is -2.14. The van der Waals surface area contributed by atoms with E-state index in [1.54, 1.807) is 12.1 Å². The second kappa shape index (κ2) is 6.94. The van der Waals surface area contributed by atoms with E-state index in [1.807, 2.05) is 0 Å². The van der Waals surface area contributed by atoms with Gasteiger partial charge in [0, 0.05) is 6.92 Å². The average molecular weight is 269 g/mol. The number of rotatable bonds is 6. The van der Waals surface area contributed by atoms with E-state index in [4.69, 9.17) is 9.47 Å². The summed E-state index contributed by atoms with van der Waals surface area (Å²) in [6.45, 7) is 0.551. The van der Waals surface area contributed by atoms with Gasteiger partial charge in [0.1, 0.15) is 24.5 Å². The molecule has 0 saturated carbocycles. The topological polar surface area (TPSA) is 105 Å². The molecule has 0 heterocycles. The molecule has 8 nitrogen and oxygen atoms in total. The predicted molar refractivity (Wildman–Crippen MR) is 61.0 cm³/mol. The van der Waals surface area contributed by atoms with Crippen molar-refractivity contribution in [2.45, 2.75) is 6.92 Å². The van der Waals surface area contributed by atoms with E-state index in [9.17, 15) is 19.7 Å². The molecule has 0 atom stereocenters. The SMILES string of the molecule is CC(=O)Oc1ccccc1C(=O)OCCO[N+](=O)[O-]. The fraction of sp³-hybridized carbons (Fsp3) is 0.273. The highest BCUT2D eigenvalue weighted by atomic mass is 17.0. The molecule has 0 amide bonds. The maximum atomic E-state index is 11.7. The van der Waals surface area contributed by atoms with E-state index in [0.29, 0.717) is 0 Å². The Morgan fingerprint density at radius 1 is 1.26 bits per heavy atom. The van der Waals surface area contributed by atoms with Crippen LogP contribution in [0.2, 0.25) is 0 Å². The molecular formula is C11H11NO7. The molecule has 0 aliphatic carbocycles. The molecule has 0 aromatic heterocycles. The standard InChI is InChI=1S/C11H11NO7/c1-8(13)19-10-5-3-2-4-9(10)11(14)17-6-7-18-12(15)16/h2-5H,6-7H2,1H3. The highest BCUT2D eigenvalue weighted by molar-refractivity contribution is 5.93. The third-order valence-electron chi connectivity index (χ3n) is 1.87. The maximum Gasteiger partial charge on any atom is 0.342 e. The van der Waals surface area contributed by atoms with Gasteiger partial charge in [-0.3, -0.25) is 4.79 Å². The molecule has 1 aromatic carbocycles. The molecule has 0 spiro atoms. The molecule has 0 unspecified atom stereocenters. The van der Waals surface area contributed by atoms with Gasteiger partial charge in [-0.25, -0.2) is 4.79 Å². The minimum atomic E-state index is -0.985. The van der Waals surface area contributed by atoms with E-state index in [1.165, 1.54) is 19.1 Å². The Hall–Kier alpha value is -2.64. The Morgan fingerprint density at radius 3 is 2.58 bits per heavy atom. The van der Waals surface area contributed by atoms with Crippen LogP contribution in [0.25, 0.3) is 0 Å². The molecule has 0 saturated heterocycles. The molecular weight excluding hydrogens is 258 g/mol. The van der Waals surface area contributed by atoms with Gasteiger partial charge in [0.2, 0.25) is 0 Å². The molecule has 0 bridgehead atoms. The van der Waals surface area contributed by atoms with E-state index >= 15 is 0 Å². The molecule has 0 fully saturated rings. The molecule has 0 aliphatic rings. The quantitative estimate of drug-likeness (QED) is 0.249. The first-order chi connectivity index (χ1) is 9.00. The van der Waals surface area contributed by atoms with Gasteiger partial charge < -0.3 is 14.3 Å². The summed E-state index contributed by atoms with van der Waals surface area (Å²) in [5.74, 6) is -1.27. The highest BCUT2D eigenvalue weighted by Crippen LogP contribution is 2.19. The van der Waals surface area contributed by atoms with Gasteiger partial charge in [0.15, 0.2) is 0 Å². The Kier molecular flexibility index (Phi) is 5.27. The lowest BCUT2D eigenvalue weighted by atomic mass is 10.2. The predicted octanol–water partition coefficient (Wildman–Crippen LogP) is 0.977. The summed E-state index contributed by atoms with van der Waals surface area (Å²) < 4.78 is 9.57. The lowest BCUT2D eigenvalue weighted by Gasteiger charge is -2.08. The Labute approximate surface area is 108 Å². The van der Waals surface area contributed by atoms with E-state index in [2.05, 4.69) is 4.84 Å². The van der Waals surface area contributed by atoms with E-state index in [-0.39, 0.29) is 24.5 Å². The van der Waals surface area contributed by atoms with Crippen molar-refractivity contribution in [3.8, 4) is 5.75 Å². The van der Waals surface area contributed by atoms with E-state index < -0.39 is 17.0 Å². The van der Waals surface area contributed by atoms with Crippen LogP contribution in [0.1, 0.15) is 17.3 Å². The molecule has 19 heavy (non-hydrogen) atoms. The summed E-state index contributed by atoms with van der Waals surface area (Å²) in [5, 5.41) is 8.89. The number of esters is 2. The van der Waals surface area contributed by atoms with Crippen LogP contribution in [-0.4, -0.2) is 30.2 Å². The van der Waals surface area contributed by atoms with Gasteiger partial charge in [-0.15, -0.1) is 10.1 Å². The fourth-order valence-corrected chi connectivity index (χ4v) is 1.20. The monoisotopic (exact) mass is 269 g/mol. The van der Waals surface area contributed by atoms with Gasteiger partial charge in [-0.05, 0) is 12.1 Å². The summed E-state index contributed by atoms with van der Waals surface area (Å²) in [6, 6.07) is 6.00. The zero-order valence-electron chi connectivity index (χ0n) is 10.0.